The first-order valence-corrected chi connectivity index (χ1v) is 9.93. The molecule has 4 amide bonds. The summed E-state index contributed by atoms with van der Waals surface area (Å²) in [4.78, 5) is 38.2. The number of urea groups is 1. The van der Waals surface area contributed by atoms with E-state index in [1.165, 1.54) is 0 Å². The van der Waals surface area contributed by atoms with Gasteiger partial charge >= 0.3 is 6.03 Å². The number of imide groups is 1. The molecular formula is C22H23N3O6. The van der Waals surface area contributed by atoms with Crippen LogP contribution in [0.15, 0.2) is 42.5 Å². The predicted octanol–water partition coefficient (Wildman–Crippen LogP) is 1.94. The third-order valence-electron chi connectivity index (χ3n) is 5.19. The number of nitrogens with one attached hydrogen (secondary N) is 2. The fourth-order valence-corrected chi connectivity index (χ4v) is 3.45. The van der Waals surface area contributed by atoms with Gasteiger partial charge in [-0.25, -0.2) is 4.79 Å². The van der Waals surface area contributed by atoms with Crippen LogP contribution < -0.4 is 24.8 Å². The number of fused-ring (bicyclic) bond motifs is 1. The van der Waals surface area contributed by atoms with Crippen molar-refractivity contribution >= 4 is 17.8 Å². The molecule has 0 aliphatic carbocycles. The van der Waals surface area contributed by atoms with Gasteiger partial charge in [0.1, 0.15) is 11.8 Å². The Balaban J connectivity index is 1.26. The zero-order valence-corrected chi connectivity index (χ0v) is 17.1. The summed E-state index contributed by atoms with van der Waals surface area (Å²) in [5.41, 5.74) is 1.69. The van der Waals surface area contributed by atoms with Crippen molar-refractivity contribution in [3.8, 4) is 17.2 Å². The number of benzene rings is 2. The first-order chi connectivity index (χ1) is 15.0. The number of amides is 4. The number of methoxy groups -OCH3 is 1. The highest BCUT2D eigenvalue weighted by molar-refractivity contribution is 6.04. The molecule has 9 heteroatoms. The molecule has 2 aliphatic heterocycles. The molecule has 2 aromatic rings. The Morgan fingerprint density at radius 1 is 1.13 bits per heavy atom. The van der Waals surface area contributed by atoms with Crippen LogP contribution in [0.25, 0.3) is 0 Å². The number of hydrogen-bond acceptors (Lipinski definition) is 6. The molecular weight excluding hydrogens is 402 g/mol. The van der Waals surface area contributed by atoms with Gasteiger partial charge in [-0.05, 0) is 41.8 Å². The van der Waals surface area contributed by atoms with Crippen LogP contribution in [0.3, 0.4) is 0 Å². The van der Waals surface area contributed by atoms with Crippen molar-refractivity contribution in [2.24, 2.45) is 0 Å². The standard InChI is InChI=1S/C22H23N3O6/c1-29-16-5-2-14(3-6-16)11-23-20(26)9-7-17-21(27)25(22(28)24-17)12-15-4-8-18-19(10-15)31-13-30-18/h2-6,8,10,17H,7,9,11-13H2,1H3,(H,23,26)(H,24,28). The van der Waals surface area contributed by atoms with Crippen LogP contribution in [0.5, 0.6) is 17.2 Å². The Hall–Kier alpha value is -3.75. The van der Waals surface area contributed by atoms with Crippen LogP contribution in [0.4, 0.5) is 4.79 Å². The normalized spacial score (nSPS) is 16.9. The van der Waals surface area contributed by atoms with Crippen LogP contribution in [0.1, 0.15) is 24.0 Å². The molecule has 1 unspecified atom stereocenters. The summed E-state index contributed by atoms with van der Waals surface area (Å²) >= 11 is 0. The molecule has 1 atom stereocenters. The van der Waals surface area contributed by atoms with Crippen molar-refractivity contribution < 1.29 is 28.6 Å². The summed E-state index contributed by atoms with van der Waals surface area (Å²) in [6.07, 6.45) is 0.362. The largest absolute Gasteiger partial charge is 0.497 e. The fourth-order valence-electron chi connectivity index (χ4n) is 3.45. The van der Waals surface area contributed by atoms with Gasteiger partial charge in [0, 0.05) is 13.0 Å². The van der Waals surface area contributed by atoms with E-state index in [0.29, 0.717) is 18.0 Å². The Morgan fingerprint density at radius 2 is 1.87 bits per heavy atom. The van der Waals surface area contributed by atoms with Crippen LogP contribution in [0, 0.1) is 0 Å². The average molecular weight is 425 g/mol. The second-order valence-corrected chi connectivity index (χ2v) is 7.28. The summed E-state index contributed by atoms with van der Waals surface area (Å²) < 4.78 is 15.7. The molecule has 162 valence electrons. The van der Waals surface area contributed by atoms with E-state index in [-0.39, 0.29) is 38.0 Å². The highest BCUT2D eigenvalue weighted by Crippen LogP contribution is 2.33. The molecule has 1 saturated heterocycles. The van der Waals surface area contributed by atoms with Gasteiger partial charge in [-0.3, -0.25) is 14.5 Å². The maximum atomic E-state index is 12.6. The number of nitrogens with zero attached hydrogens (tertiary/aromatic N) is 1. The first-order valence-electron chi connectivity index (χ1n) is 9.93. The van der Waals surface area contributed by atoms with Gasteiger partial charge in [0.15, 0.2) is 11.5 Å². The third kappa shape index (κ3) is 4.71. The first kappa shape index (κ1) is 20.5. The smallest absolute Gasteiger partial charge is 0.325 e. The van der Waals surface area contributed by atoms with E-state index >= 15 is 0 Å². The van der Waals surface area contributed by atoms with Crippen molar-refractivity contribution in [2.45, 2.75) is 32.0 Å². The van der Waals surface area contributed by atoms with Crippen LogP contribution >= 0.6 is 0 Å². The third-order valence-corrected chi connectivity index (χ3v) is 5.19. The Morgan fingerprint density at radius 3 is 2.65 bits per heavy atom. The van der Waals surface area contributed by atoms with Crippen molar-refractivity contribution in [3.05, 3.63) is 53.6 Å². The van der Waals surface area contributed by atoms with E-state index < -0.39 is 12.1 Å². The maximum Gasteiger partial charge on any atom is 0.325 e. The molecule has 0 bridgehead atoms. The molecule has 4 rings (SSSR count). The lowest BCUT2D eigenvalue weighted by Gasteiger charge is -2.13. The number of ether oxygens (including phenoxy) is 3. The predicted molar refractivity (Wildman–Crippen MR) is 110 cm³/mol. The van der Waals surface area contributed by atoms with Gasteiger partial charge in [0.05, 0.1) is 13.7 Å². The molecule has 0 spiro atoms. The lowest BCUT2D eigenvalue weighted by molar-refractivity contribution is -0.128. The monoisotopic (exact) mass is 425 g/mol. The second-order valence-electron chi connectivity index (χ2n) is 7.28. The number of rotatable bonds is 8. The molecule has 31 heavy (non-hydrogen) atoms. The Kier molecular flexibility index (Phi) is 5.92. The van der Waals surface area contributed by atoms with E-state index in [0.717, 1.165) is 21.8 Å². The SMILES string of the molecule is COc1ccc(CNC(=O)CCC2NC(=O)N(Cc3ccc4c(c3)OCO4)C2=O)cc1. The minimum atomic E-state index is -0.715. The topological polar surface area (TPSA) is 106 Å². The van der Waals surface area contributed by atoms with Crippen molar-refractivity contribution in [1.82, 2.24) is 15.5 Å². The van der Waals surface area contributed by atoms with Crippen molar-refractivity contribution in [2.75, 3.05) is 13.9 Å². The highest BCUT2D eigenvalue weighted by atomic mass is 16.7. The fraction of sp³-hybridized carbons (Fsp3) is 0.318. The number of hydrogen-bond donors (Lipinski definition) is 2. The quantitative estimate of drug-likeness (QED) is 0.626. The Bertz CT molecular complexity index is 991. The highest BCUT2D eigenvalue weighted by Gasteiger charge is 2.38. The number of carbonyl (C=O) groups excluding carboxylic acids is 3. The van der Waals surface area contributed by atoms with Crippen LogP contribution in [0.2, 0.25) is 0 Å². The van der Waals surface area contributed by atoms with Crippen LogP contribution in [-0.2, 0) is 22.7 Å². The summed E-state index contributed by atoms with van der Waals surface area (Å²) in [6.45, 7) is 0.663. The maximum absolute atomic E-state index is 12.6. The molecule has 1 fully saturated rings. The lowest BCUT2D eigenvalue weighted by Crippen LogP contribution is -2.32. The zero-order valence-electron chi connectivity index (χ0n) is 17.1. The minimum absolute atomic E-state index is 0.126. The van der Waals surface area contributed by atoms with Gasteiger partial charge in [-0.15, -0.1) is 0 Å². The minimum Gasteiger partial charge on any atom is -0.497 e. The molecule has 0 radical (unpaired) electrons. The molecule has 2 aliphatic rings. The Labute approximate surface area is 179 Å². The van der Waals surface area contributed by atoms with Gasteiger partial charge < -0.3 is 24.8 Å². The van der Waals surface area contributed by atoms with E-state index in [1.807, 2.05) is 24.3 Å². The van der Waals surface area contributed by atoms with Crippen molar-refractivity contribution in [1.29, 1.82) is 0 Å². The summed E-state index contributed by atoms with van der Waals surface area (Å²) in [5, 5.41) is 5.47. The van der Waals surface area contributed by atoms with Gasteiger partial charge in [0.25, 0.3) is 5.91 Å². The molecule has 2 heterocycles. The van der Waals surface area contributed by atoms with Crippen LogP contribution in [-0.4, -0.2) is 42.7 Å². The summed E-state index contributed by atoms with van der Waals surface area (Å²) in [7, 11) is 1.59. The van der Waals surface area contributed by atoms with E-state index in [4.69, 9.17) is 14.2 Å². The second kappa shape index (κ2) is 8.95. The van der Waals surface area contributed by atoms with Gasteiger partial charge in [-0.1, -0.05) is 18.2 Å². The van der Waals surface area contributed by atoms with E-state index in [9.17, 15) is 14.4 Å². The van der Waals surface area contributed by atoms with E-state index in [1.54, 1.807) is 25.3 Å². The van der Waals surface area contributed by atoms with Gasteiger partial charge in [-0.2, -0.15) is 0 Å². The molecule has 2 aromatic carbocycles. The van der Waals surface area contributed by atoms with Gasteiger partial charge in [0.2, 0.25) is 12.7 Å². The summed E-state index contributed by atoms with van der Waals surface area (Å²) in [6, 6.07) is 11.5. The lowest BCUT2D eigenvalue weighted by atomic mass is 10.1. The average Bonchev–Trinajstić information content (AvgIpc) is 3.36. The molecule has 9 nitrogen and oxygen atoms in total. The van der Waals surface area contributed by atoms with Crippen molar-refractivity contribution in [3.63, 3.8) is 0 Å². The molecule has 2 N–H and O–H groups in total. The molecule has 0 aromatic heterocycles. The van der Waals surface area contributed by atoms with E-state index in [2.05, 4.69) is 10.6 Å². The zero-order chi connectivity index (χ0) is 21.8. The summed E-state index contributed by atoms with van der Waals surface area (Å²) in [5.74, 6) is 1.45. The number of carbonyl (C=O) groups is 3. The molecule has 0 saturated carbocycles.